The summed E-state index contributed by atoms with van der Waals surface area (Å²) in [5.41, 5.74) is 8.13. The fourth-order valence-electron chi connectivity index (χ4n) is 2.60. The lowest BCUT2D eigenvalue weighted by Crippen LogP contribution is -2.13. The summed E-state index contributed by atoms with van der Waals surface area (Å²) >= 11 is 1.83. The second-order valence-corrected chi connectivity index (χ2v) is 5.82. The van der Waals surface area contributed by atoms with Gasteiger partial charge in [-0.1, -0.05) is 0 Å². The van der Waals surface area contributed by atoms with Crippen LogP contribution in [0.4, 0.5) is 0 Å². The van der Waals surface area contributed by atoms with E-state index in [0.29, 0.717) is 5.92 Å². The van der Waals surface area contributed by atoms with E-state index in [9.17, 15) is 0 Å². The highest BCUT2D eigenvalue weighted by Gasteiger charge is 2.24. The van der Waals surface area contributed by atoms with E-state index in [1.165, 1.54) is 29.8 Å². The standard InChI is InChI=1S/C14H17N3S/c15-7-6-10-3-1-5-12-13(10)17-14(18-12)11-4-2-8-16-9-11/h2,4,8-10H,1,3,5-7,15H2. The Morgan fingerprint density at radius 2 is 2.39 bits per heavy atom. The monoisotopic (exact) mass is 259 g/mol. The lowest BCUT2D eigenvalue weighted by Gasteiger charge is -2.19. The molecule has 1 unspecified atom stereocenters. The molecule has 1 aliphatic rings. The lowest BCUT2D eigenvalue weighted by atomic mass is 9.88. The largest absolute Gasteiger partial charge is 0.330 e. The minimum Gasteiger partial charge on any atom is -0.330 e. The maximum absolute atomic E-state index is 5.70. The zero-order valence-corrected chi connectivity index (χ0v) is 11.1. The third kappa shape index (κ3) is 2.18. The molecule has 0 spiro atoms. The summed E-state index contributed by atoms with van der Waals surface area (Å²) in [7, 11) is 0. The minimum absolute atomic E-state index is 0.570. The molecule has 1 aliphatic carbocycles. The number of pyridine rings is 1. The average Bonchev–Trinajstić information content (AvgIpc) is 2.85. The van der Waals surface area contributed by atoms with E-state index in [4.69, 9.17) is 10.7 Å². The van der Waals surface area contributed by atoms with Crippen LogP contribution in [-0.2, 0) is 6.42 Å². The maximum Gasteiger partial charge on any atom is 0.125 e. The Morgan fingerprint density at radius 3 is 3.17 bits per heavy atom. The van der Waals surface area contributed by atoms with Gasteiger partial charge in [-0.25, -0.2) is 4.98 Å². The normalized spacial score (nSPS) is 18.6. The molecule has 4 heteroatoms. The van der Waals surface area contributed by atoms with Crippen molar-refractivity contribution in [1.82, 2.24) is 9.97 Å². The number of nitrogens with two attached hydrogens (primary N) is 1. The van der Waals surface area contributed by atoms with Crippen molar-refractivity contribution < 1.29 is 0 Å². The molecular weight excluding hydrogens is 242 g/mol. The first-order chi connectivity index (χ1) is 8.88. The molecule has 3 rings (SSSR count). The highest BCUT2D eigenvalue weighted by molar-refractivity contribution is 7.15. The van der Waals surface area contributed by atoms with Crippen molar-refractivity contribution >= 4 is 11.3 Å². The summed E-state index contributed by atoms with van der Waals surface area (Å²) in [4.78, 5) is 10.5. The van der Waals surface area contributed by atoms with E-state index in [2.05, 4.69) is 11.1 Å². The average molecular weight is 259 g/mol. The number of aryl methyl sites for hydroxylation is 1. The molecule has 0 aliphatic heterocycles. The van der Waals surface area contributed by atoms with Crippen molar-refractivity contribution in [2.24, 2.45) is 5.73 Å². The first-order valence-electron chi connectivity index (χ1n) is 6.48. The van der Waals surface area contributed by atoms with Crippen LogP contribution in [-0.4, -0.2) is 16.5 Å². The van der Waals surface area contributed by atoms with Crippen LogP contribution < -0.4 is 5.73 Å². The van der Waals surface area contributed by atoms with Gasteiger partial charge in [-0.15, -0.1) is 11.3 Å². The van der Waals surface area contributed by atoms with Crippen molar-refractivity contribution in [3.63, 3.8) is 0 Å². The number of nitrogens with zero attached hydrogens (tertiary/aromatic N) is 2. The fourth-order valence-corrected chi connectivity index (χ4v) is 3.78. The molecule has 2 aromatic rings. The van der Waals surface area contributed by atoms with Crippen molar-refractivity contribution in [2.75, 3.05) is 6.54 Å². The quantitative estimate of drug-likeness (QED) is 0.922. The van der Waals surface area contributed by atoms with Crippen LogP contribution in [0, 0.1) is 0 Å². The van der Waals surface area contributed by atoms with Crippen molar-refractivity contribution in [1.29, 1.82) is 0 Å². The first kappa shape index (κ1) is 11.8. The Kier molecular flexibility index (Phi) is 3.39. The molecule has 3 nitrogen and oxygen atoms in total. The van der Waals surface area contributed by atoms with Crippen molar-refractivity contribution in [3.8, 4) is 10.6 Å². The molecule has 0 radical (unpaired) electrons. The number of rotatable bonds is 3. The first-order valence-corrected chi connectivity index (χ1v) is 7.30. The lowest BCUT2D eigenvalue weighted by molar-refractivity contribution is 0.520. The van der Waals surface area contributed by atoms with E-state index in [0.717, 1.165) is 23.5 Å². The topological polar surface area (TPSA) is 51.8 Å². The molecule has 0 saturated carbocycles. The van der Waals surface area contributed by atoms with E-state index >= 15 is 0 Å². The highest BCUT2D eigenvalue weighted by Crippen LogP contribution is 2.39. The molecule has 18 heavy (non-hydrogen) atoms. The Balaban J connectivity index is 1.96. The third-order valence-corrected chi connectivity index (χ3v) is 4.67. The molecule has 0 amide bonds. The van der Waals surface area contributed by atoms with E-state index in [1.807, 2.05) is 23.6 Å². The number of hydrogen-bond acceptors (Lipinski definition) is 4. The Bertz CT molecular complexity index is 521. The maximum atomic E-state index is 5.70. The van der Waals surface area contributed by atoms with E-state index < -0.39 is 0 Å². The van der Waals surface area contributed by atoms with Crippen LogP contribution in [0.15, 0.2) is 24.5 Å². The van der Waals surface area contributed by atoms with E-state index in [1.54, 1.807) is 6.20 Å². The minimum atomic E-state index is 0.570. The van der Waals surface area contributed by atoms with Crippen LogP contribution in [0.25, 0.3) is 10.6 Å². The van der Waals surface area contributed by atoms with Crippen LogP contribution in [0.5, 0.6) is 0 Å². The fraction of sp³-hybridized carbons (Fsp3) is 0.429. The molecule has 2 aromatic heterocycles. The summed E-state index contributed by atoms with van der Waals surface area (Å²) < 4.78 is 0. The third-order valence-electron chi connectivity index (χ3n) is 3.49. The van der Waals surface area contributed by atoms with Gasteiger partial charge in [0.15, 0.2) is 0 Å². The summed E-state index contributed by atoms with van der Waals surface area (Å²) in [6, 6.07) is 4.04. The molecule has 0 fully saturated rings. The molecule has 2 heterocycles. The Hall–Kier alpha value is -1.26. The van der Waals surface area contributed by atoms with Gasteiger partial charge in [0.05, 0.1) is 5.69 Å². The zero-order valence-electron chi connectivity index (χ0n) is 10.3. The predicted octanol–water partition coefficient (Wildman–Crippen LogP) is 2.97. The van der Waals surface area contributed by atoms with Gasteiger partial charge in [0, 0.05) is 28.8 Å². The molecule has 94 valence electrons. The number of hydrogen-bond donors (Lipinski definition) is 1. The van der Waals surface area contributed by atoms with Gasteiger partial charge in [-0.05, 0) is 44.4 Å². The predicted molar refractivity (Wildman–Crippen MR) is 74.7 cm³/mol. The zero-order chi connectivity index (χ0) is 12.4. The van der Waals surface area contributed by atoms with Gasteiger partial charge < -0.3 is 5.73 Å². The summed E-state index contributed by atoms with van der Waals surface area (Å²) in [5, 5.41) is 1.11. The van der Waals surface area contributed by atoms with Crippen LogP contribution >= 0.6 is 11.3 Å². The van der Waals surface area contributed by atoms with Gasteiger partial charge in [0.2, 0.25) is 0 Å². The summed E-state index contributed by atoms with van der Waals surface area (Å²) in [6.45, 7) is 0.754. The second-order valence-electron chi connectivity index (χ2n) is 4.74. The summed E-state index contributed by atoms with van der Waals surface area (Å²) in [5.74, 6) is 0.570. The molecule has 0 saturated heterocycles. The number of aromatic nitrogens is 2. The second kappa shape index (κ2) is 5.16. The van der Waals surface area contributed by atoms with Gasteiger partial charge in [0.1, 0.15) is 5.01 Å². The van der Waals surface area contributed by atoms with Gasteiger partial charge in [0.25, 0.3) is 0 Å². The highest BCUT2D eigenvalue weighted by atomic mass is 32.1. The molecule has 2 N–H and O–H groups in total. The Labute approximate surface area is 111 Å². The Morgan fingerprint density at radius 1 is 1.44 bits per heavy atom. The van der Waals surface area contributed by atoms with Gasteiger partial charge >= 0.3 is 0 Å². The molecular formula is C14H17N3S. The SMILES string of the molecule is NCCC1CCCc2sc(-c3cccnc3)nc21. The smallest absolute Gasteiger partial charge is 0.125 e. The van der Waals surface area contributed by atoms with Crippen molar-refractivity contribution in [3.05, 3.63) is 35.1 Å². The van der Waals surface area contributed by atoms with Gasteiger partial charge in [-0.2, -0.15) is 0 Å². The summed E-state index contributed by atoms with van der Waals surface area (Å²) in [6.07, 6.45) is 8.43. The van der Waals surface area contributed by atoms with Crippen molar-refractivity contribution in [2.45, 2.75) is 31.6 Å². The van der Waals surface area contributed by atoms with E-state index in [-0.39, 0.29) is 0 Å². The van der Waals surface area contributed by atoms with Crippen LogP contribution in [0.2, 0.25) is 0 Å². The molecule has 1 atom stereocenters. The number of thiazole rings is 1. The van der Waals surface area contributed by atoms with Crippen LogP contribution in [0.1, 0.15) is 35.8 Å². The molecule has 0 bridgehead atoms. The molecule has 0 aromatic carbocycles. The van der Waals surface area contributed by atoms with Gasteiger partial charge in [-0.3, -0.25) is 4.98 Å². The van der Waals surface area contributed by atoms with Crippen LogP contribution in [0.3, 0.4) is 0 Å². The number of fused-ring (bicyclic) bond motifs is 1.